The van der Waals surface area contributed by atoms with E-state index in [1.807, 2.05) is 18.2 Å². The number of carbonyl (C=O) groups is 1. The van der Waals surface area contributed by atoms with Gasteiger partial charge in [0.15, 0.2) is 0 Å². The van der Waals surface area contributed by atoms with Crippen LogP contribution in [0.3, 0.4) is 0 Å². The minimum atomic E-state index is -0.379. The van der Waals surface area contributed by atoms with Crippen molar-refractivity contribution in [3.8, 4) is 0 Å². The molecule has 0 spiro atoms. The van der Waals surface area contributed by atoms with E-state index in [9.17, 15) is 9.90 Å². The highest BCUT2D eigenvalue weighted by Crippen LogP contribution is 2.22. The van der Waals surface area contributed by atoms with Crippen LogP contribution in [-0.4, -0.2) is 52.2 Å². The lowest BCUT2D eigenvalue weighted by molar-refractivity contribution is 0.0600. The predicted molar refractivity (Wildman–Crippen MR) is 88.3 cm³/mol. The number of aliphatic hydroxyl groups excluding tert-OH is 1. The number of rotatable bonds is 5. The fourth-order valence-corrected chi connectivity index (χ4v) is 3.15. The number of esters is 1. The Morgan fingerprint density at radius 2 is 2.25 bits per heavy atom. The first-order chi connectivity index (χ1) is 11.7. The van der Waals surface area contributed by atoms with Crippen LogP contribution in [0.25, 0.3) is 0 Å². The average molecular weight is 327 g/mol. The van der Waals surface area contributed by atoms with Crippen molar-refractivity contribution in [2.45, 2.75) is 19.1 Å². The zero-order valence-electron chi connectivity index (χ0n) is 13.6. The van der Waals surface area contributed by atoms with Crippen LogP contribution >= 0.6 is 0 Å². The molecule has 6 heteroatoms. The van der Waals surface area contributed by atoms with E-state index in [-0.39, 0.29) is 18.0 Å². The van der Waals surface area contributed by atoms with Crippen molar-refractivity contribution in [1.29, 1.82) is 0 Å². The first-order valence-electron chi connectivity index (χ1n) is 7.98. The lowest BCUT2D eigenvalue weighted by Crippen LogP contribution is -2.21. The summed E-state index contributed by atoms with van der Waals surface area (Å²) in [6.07, 6.45) is 5.40. The molecule has 24 heavy (non-hydrogen) atoms. The summed E-state index contributed by atoms with van der Waals surface area (Å²) in [5.74, 6) is -0.190. The largest absolute Gasteiger partial charge is 0.465 e. The molecule has 6 nitrogen and oxygen atoms in total. The molecule has 2 heterocycles. The zero-order valence-corrected chi connectivity index (χ0v) is 13.6. The van der Waals surface area contributed by atoms with E-state index >= 15 is 0 Å². The summed E-state index contributed by atoms with van der Waals surface area (Å²) in [6.45, 7) is 2.10. The normalized spacial score (nSPS) is 20.9. The third-order valence-electron chi connectivity index (χ3n) is 4.32. The number of nitrogens with zero attached hydrogens (tertiary/aromatic N) is 3. The van der Waals surface area contributed by atoms with Gasteiger partial charge in [-0.1, -0.05) is 12.1 Å². The molecule has 1 saturated heterocycles. The quantitative estimate of drug-likeness (QED) is 0.834. The highest BCUT2D eigenvalue weighted by Gasteiger charge is 2.31. The van der Waals surface area contributed by atoms with E-state index in [0.717, 1.165) is 17.8 Å². The first kappa shape index (κ1) is 16.5. The molecule has 1 aliphatic heterocycles. The van der Waals surface area contributed by atoms with Gasteiger partial charge < -0.3 is 9.84 Å². The summed E-state index contributed by atoms with van der Waals surface area (Å²) in [6, 6.07) is 7.42. The van der Waals surface area contributed by atoms with Gasteiger partial charge in [0.2, 0.25) is 0 Å². The molecule has 0 radical (unpaired) electrons. The van der Waals surface area contributed by atoms with Gasteiger partial charge in [0.1, 0.15) is 0 Å². The second-order valence-electron chi connectivity index (χ2n) is 6.11. The Morgan fingerprint density at radius 3 is 3.00 bits per heavy atom. The zero-order chi connectivity index (χ0) is 16.9. The molecule has 3 rings (SSSR count). The standard InChI is InChI=1S/C18H21N3O3/c1-24-18(23)14-4-2-3-13(7-14)10-21-11-15(17(22)12-21)8-16-9-19-5-6-20-16/h2-7,9,15,17,22H,8,10-12H2,1H3/t15-,17-/m1/s1. The second-order valence-corrected chi connectivity index (χ2v) is 6.11. The Labute approximate surface area is 141 Å². The van der Waals surface area contributed by atoms with Gasteiger partial charge in [-0.15, -0.1) is 0 Å². The van der Waals surface area contributed by atoms with E-state index in [2.05, 4.69) is 14.9 Å². The number of aliphatic hydroxyl groups is 1. The van der Waals surface area contributed by atoms with Gasteiger partial charge in [0.05, 0.1) is 24.5 Å². The number of carbonyl (C=O) groups excluding carboxylic acids is 1. The van der Waals surface area contributed by atoms with Crippen LogP contribution in [0.15, 0.2) is 42.9 Å². The topological polar surface area (TPSA) is 75.5 Å². The molecule has 0 aliphatic carbocycles. The molecule has 1 aliphatic rings. The SMILES string of the molecule is COC(=O)c1cccc(CN2C[C@@H](Cc3cnccn3)[C@H](O)C2)c1. The monoisotopic (exact) mass is 327 g/mol. The number of hydrogen-bond donors (Lipinski definition) is 1. The number of hydrogen-bond acceptors (Lipinski definition) is 6. The highest BCUT2D eigenvalue weighted by molar-refractivity contribution is 5.89. The maximum absolute atomic E-state index is 11.6. The Hall–Kier alpha value is -2.31. The van der Waals surface area contributed by atoms with Crippen LogP contribution in [-0.2, 0) is 17.7 Å². The molecule has 0 unspecified atom stereocenters. The van der Waals surface area contributed by atoms with E-state index in [1.54, 1.807) is 24.7 Å². The average Bonchev–Trinajstić information content (AvgIpc) is 2.94. The summed E-state index contributed by atoms with van der Waals surface area (Å²) in [5.41, 5.74) is 2.48. The Kier molecular flexibility index (Phi) is 5.17. The van der Waals surface area contributed by atoms with Gasteiger partial charge >= 0.3 is 5.97 Å². The summed E-state index contributed by atoms with van der Waals surface area (Å²) < 4.78 is 4.76. The van der Waals surface area contributed by atoms with Crippen LogP contribution in [0.1, 0.15) is 21.6 Å². The summed E-state index contributed by atoms with van der Waals surface area (Å²) >= 11 is 0. The van der Waals surface area contributed by atoms with Crippen molar-refractivity contribution in [1.82, 2.24) is 14.9 Å². The Morgan fingerprint density at radius 1 is 1.38 bits per heavy atom. The van der Waals surface area contributed by atoms with E-state index < -0.39 is 0 Å². The lowest BCUT2D eigenvalue weighted by Gasteiger charge is -2.16. The molecular formula is C18H21N3O3. The van der Waals surface area contributed by atoms with Crippen molar-refractivity contribution in [3.63, 3.8) is 0 Å². The Balaban J connectivity index is 1.62. The maximum Gasteiger partial charge on any atom is 0.337 e. The molecule has 2 atom stereocenters. The van der Waals surface area contributed by atoms with E-state index in [4.69, 9.17) is 4.74 Å². The molecular weight excluding hydrogens is 306 g/mol. The third-order valence-corrected chi connectivity index (χ3v) is 4.32. The third kappa shape index (κ3) is 3.96. The van der Waals surface area contributed by atoms with Gasteiger partial charge in [-0.05, 0) is 24.1 Å². The number of likely N-dealkylation sites (tertiary alicyclic amines) is 1. The van der Waals surface area contributed by atoms with Crippen LogP contribution in [0.4, 0.5) is 0 Å². The molecule has 1 aromatic heterocycles. The van der Waals surface area contributed by atoms with Gasteiger partial charge in [-0.2, -0.15) is 0 Å². The summed E-state index contributed by atoms with van der Waals surface area (Å²) in [7, 11) is 1.38. The highest BCUT2D eigenvalue weighted by atomic mass is 16.5. The first-order valence-corrected chi connectivity index (χ1v) is 7.98. The van der Waals surface area contributed by atoms with Crippen molar-refractivity contribution in [2.75, 3.05) is 20.2 Å². The minimum Gasteiger partial charge on any atom is -0.465 e. The number of ether oxygens (including phenoxy) is 1. The molecule has 1 N–H and O–H groups in total. The minimum absolute atomic E-state index is 0.144. The maximum atomic E-state index is 11.6. The Bertz CT molecular complexity index is 693. The summed E-state index contributed by atoms with van der Waals surface area (Å²) in [5, 5.41) is 10.3. The van der Waals surface area contributed by atoms with Crippen LogP contribution in [0.5, 0.6) is 0 Å². The lowest BCUT2D eigenvalue weighted by atomic mass is 10.0. The summed E-state index contributed by atoms with van der Waals surface area (Å²) in [4.78, 5) is 22.2. The van der Waals surface area contributed by atoms with Crippen molar-refractivity contribution in [2.24, 2.45) is 5.92 Å². The van der Waals surface area contributed by atoms with Crippen molar-refractivity contribution >= 4 is 5.97 Å². The fraction of sp³-hybridized carbons (Fsp3) is 0.389. The molecule has 1 aromatic carbocycles. The number of methoxy groups -OCH3 is 1. The van der Waals surface area contributed by atoms with Crippen molar-refractivity contribution in [3.05, 3.63) is 59.7 Å². The number of benzene rings is 1. The number of β-amino-alcohol motifs (C(OH)–C–C–N with tert-alkyl or cyclic N) is 1. The fourth-order valence-electron chi connectivity index (χ4n) is 3.15. The molecule has 0 saturated carbocycles. The van der Waals surface area contributed by atoms with Gasteiger partial charge in [0.25, 0.3) is 0 Å². The van der Waals surface area contributed by atoms with Crippen molar-refractivity contribution < 1.29 is 14.6 Å². The van der Waals surface area contributed by atoms with Crippen LogP contribution in [0, 0.1) is 5.92 Å². The van der Waals surface area contributed by atoms with Crippen LogP contribution in [0.2, 0.25) is 0 Å². The van der Waals surface area contributed by atoms with E-state index in [0.29, 0.717) is 25.1 Å². The van der Waals surface area contributed by atoms with Gasteiger partial charge in [-0.3, -0.25) is 14.9 Å². The van der Waals surface area contributed by atoms with Gasteiger partial charge in [0, 0.05) is 44.1 Å². The van der Waals surface area contributed by atoms with Crippen LogP contribution < -0.4 is 0 Å². The molecule has 1 fully saturated rings. The second kappa shape index (κ2) is 7.51. The molecule has 2 aromatic rings. The molecule has 126 valence electrons. The van der Waals surface area contributed by atoms with Gasteiger partial charge in [-0.25, -0.2) is 4.79 Å². The molecule has 0 bridgehead atoms. The predicted octanol–water partition coefficient (Wildman–Crippen LogP) is 1.30. The molecule has 0 amide bonds. The smallest absolute Gasteiger partial charge is 0.337 e. The number of aromatic nitrogens is 2. The van der Waals surface area contributed by atoms with E-state index in [1.165, 1.54) is 7.11 Å².